The number of ether oxygens (including phenoxy) is 2. The predicted molar refractivity (Wildman–Crippen MR) is 140 cm³/mol. The van der Waals surface area contributed by atoms with Crippen molar-refractivity contribution < 1.29 is 27.5 Å². The number of hydrogen-bond donors (Lipinski definition) is 2. The number of aromatic nitrogens is 1. The normalized spacial score (nSPS) is 23.1. The smallest absolute Gasteiger partial charge is 0.435 e. The first-order chi connectivity index (χ1) is 17.1. The van der Waals surface area contributed by atoms with Gasteiger partial charge in [0.15, 0.2) is 9.84 Å². The zero-order valence-electron chi connectivity index (χ0n) is 21.2. The third-order valence-electron chi connectivity index (χ3n) is 6.19. The van der Waals surface area contributed by atoms with Crippen LogP contribution in [0.1, 0.15) is 56.2 Å². The molecule has 1 spiro atoms. The molecule has 4 rings (SSSR count). The van der Waals surface area contributed by atoms with Gasteiger partial charge in [-0.2, -0.15) is 4.99 Å². The number of aliphatic imine (C=N–C) groups is 1. The van der Waals surface area contributed by atoms with E-state index in [-0.39, 0.29) is 30.5 Å². The minimum absolute atomic E-state index is 0.0127. The van der Waals surface area contributed by atoms with Crippen molar-refractivity contribution in [1.29, 1.82) is 0 Å². The minimum Gasteiger partial charge on any atom is -0.442 e. The van der Waals surface area contributed by atoms with Gasteiger partial charge in [-0.15, -0.1) is 0 Å². The van der Waals surface area contributed by atoms with Crippen LogP contribution in [-0.2, 0) is 31.5 Å². The van der Waals surface area contributed by atoms with E-state index in [0.717, 1.165) is 5.56 Å². The Hall–Kier alpha value is -3.02. The van der Waals surface area contributed by atoms with Crippen LogP contribution in [-0.4, -0.2) is 53.9 Å². The van der Waals surface area contributed by atoms with E-state index in [2.05, 4.69) is 20.6 Å². The number of benzene rings is 1. The number of pyridine rings is 1. The number of rotatable bonds is 2. The molecular formula is C25H29ClN4O6S. The average molecular weight is 549 g/mol. The highest BCUT2D eigenvalue weighted by Crippen LogP contribution is 2.40. The van der Waals surface area contributed by atoms with E-state index in [1.807, 2.05) is 0 Å². The molecule has 2 amide bonds. The van der Waals surface area contributed by atoms with E-state index >= 15 is 0 Å². The van der Waals surface area contributed by atoms with E-state index in [9.17, 15) is 18.0 Å². The van der Waals surface area contributed by atoms with Gasteiger partial charge in [-0.3, -0.25) is 4.79 Å². The van der Waals surface area contributed by atoms with Crippen LogP contribution < -0.4 is 10.6 Å². The van der Waals surface area contributed by atoms with Crippen molar-refractivity contribution in [2.45, 2.75) is 57.1 Å². The lowest BCUT2D eigenvalue weighted by Crippen LogP contribution is -2.67. The van der Waals surface area contributed by atoms with Crippen LogP contribution in [0.5, 0.6) is 0 Å². The molecule has 12 heteroatoms. The molecule has 1 saturated heterocycles. The highest BCUT2D eigenvalue weighted by atomic mass is 35.5. The fourth-order valence-electron chi connectivity index (χ4n) is 4.17. The molecule has 1 aromatic heterocycles. The van der Waals surface area contributed by atoms with Crippen LogP contribution in [0, 0.1) is 0 Å². The zero-order chi connectivity index (χ0) is 27.2. The summed E-state index contributed by atoms with van der Waals surface area (Å²) in [6, 6.07) is 8.23. The van der Waals surface area contributed by atoms with Gasteiger partial charge < -0.3 is 20.1 Å². The van der Waals surface area contributed by atoms with Crippen molar-refractivity contribution >= 4 is 45.0 Å². The molecule has 0 saturated carbocycles. The lowest BCUT2D eigenvalue weighted by molar-refractivity contribution is 0.0505. The molecule has 0 unspecified atom stereocenters. The second-order valence-corrected chi connectivity index (χ2v) is 13.6. The summed E-state index contributed by atoms with van der Waals surface area (Å²) >= 11 is 5.86. The van der Waals surface area contributed by atoms with Crippen LogP contribution in [0.3, 0.4) is 0 Å². The second kappa shape index (κ2) is 9.38. The molecule has 0 radical (unpaired) electrons. The maximum Gasteiger partial charge on any atom is 0.435 e. The van der Waals surface area contributed by atoms with Gasteiger partial charge in [-0.05, 0) is 70.0 Å². The molecule has 1 atom stereocenters. The first-order valence-electron chi connectivity index (χ1n) is 11.6. The first kappa shape index (κ1) is 27.0. The van der Waals surface area contributed by atoms with Crippen LogP contribution in [0.15, 0.2) is 41.5 Å². The Morgan fingerprint density at radius 1 is 1.22 bits per heavy atom. The molecule has 3 heterocycles. The standard InChI is InChI=1S/C25H29ClN4O6S/c1-23(2,3)36-22(32)29-21-24(4,5)37(33,34)14-25(30-21)13-35-12-15-6-8-17(10-18(15)25)28-20(31)19-9-7-16(26)11-27-19/h6-11H,12-14H2,1-5H3,(H,28,31)(H,29,30,32)/t25-/m0/s1. The summed E-state index contributed by atoms with van der Waals surface area (Å²) in [5.74, 6) is -0.789. The molecule has 0 aliphatic carbocycles. The van der Waals surface area contributed by atoms with Crippen molar-refractivity contribution in [2.75, 3.05) is 17.7 Å². The van der Waals surface area contributed by atoms with Gasteiger partial charge in [-0.1, -0.05) is 17.7 Å². The maximum absolute atomic E-state index is 13.5. The monoisotopic (exact) mass is 548 g/mol. The molecule has 10 nitrogen and oxygen atoms in total. The van der Waals surface area contributed by atoms with Gasteiger partial charge in [0.25, 0.3) is 5.91 Å². The fourth-order valence-corrected chi connectivity index (χ4v) is 5.99. The summed E-state index contributed by atoms with van der Waals surface area (Å²) < 4.78 is 36.7. The lowest BCUT2D eigenvalue weighted by atomic mass is 9.85. The van der Waals surface area contributed by atoms with Crippen molar-refractivity contribution in [2.24, 2.45) is 4.99 Å². The second-order valence-electron chi connectivity index (χ2n) is 10.6. The molecule has 2 aliphatic rings. The number of amidine groups is 1. The molecule has 2 aromatic rings. The molecular weight excluding hydrogens is 520 g/mol. The summed E-state index contributed by atoms with van der Waals surface area (Å²) in [6.45, 7) is 8.35. The first-order valence-corrected chi connectivity index (χ1v) is 13.6. The molecule has 2 aliphatic heterocycles. The van der Waals surface area contributed by atoms with E-state index in [4.69, 9.17) is 21.1 Å². The van der Waals surface area contributed by atoms with Crippen LogP contribution in [0.2, 0.25) is 5.02 Å². The number of sulfone groups is 1. The summed E-state index contributed by atoms with van der Waals surface area (Å²) in [4.78, 5) is 33.3. The average Bonchev–Trinajstić information content (AvgIpc) is 2.77. The number of nitrogens with one attached hydrogen (secondary N) is 2. The van der Waals surface area contributed by atoms with Crippen molar-refractivity contribution in [3.05, 3.63) is 58.4 Å². The minimum atomic E-state index is -3.82. The number of nitrogens with zero attached hydrogens (tertiary/aromatic N) is 2. The summed E-state index contributed by atoms with van der Waals surface area (Å²) in [6.07, 6.45) is 0.475. The van der Waals surface area contributed by atoms with Gasteiger partial charge in [0.1, 0.15) is 27.4 Å². The molecule has 1 aromatic carbocycles. The van der Waals surface area contributed by atoms with Crippen molar-refractivity contribution in [1.82, 2.24) is 10.3 Å². The largest absolute Gasteiger partial charge is 0.442 e. The topological polar surface area (TPSA) is 136 Å². The molecule has 1 fully saturated rings. The highest BCUT2D eigenvalue weighted by molar-refractivity contribution is 7.93. The summed E-state index contributed by atoms with van der Waals surface area (Å²) in [5, 5.41) is 6.41. The van der Waals surface area contributed by atoms with E-state index in [1.54, 1.807) is 45.0 Å². The van der Waals surface area contributed by atoms with E-state index in [0.29, 0.717) is 16.3 Å². The van der Waals surface area contributed by atoms with Crippen molar-refractivity contribution in [3.63, 3.8) is 0 Å². The number of carbonyl (C=O) groups excluding carboxylic acids is 2. The Morgan fingerprint density at radius 2 is 1.95 bits per heavy atom. The number of fused-ring (bicyclic) bond motifs is 2. The Balaban J connectivity index is 1.72. The maximum atomic E-state index is 13.5. The number of amides is 2. The molecule has 0 bridgehead atoms. The van der Waals surface area contributed by atoms with Gasteiger partial charge in [0.05, 0.1) is 24.0 Å². The van der Waals surface area contributed by atoms with Gasteiger partial charge in [0.2, 0.25) is 0 Å². The number of carbonyl (C=O) groups is 2. The lowest BCUT2D eigenvalue weighted by Gasteiger charge is -2.47. The number of halogens is 1. The highest BCUT2D eigenvalue weighted by Gasteiger charge is 2.55. The van der Waals surface area contributed by atoms with Crippen LogP contribution in [0.25, 0.3) is 0 Å². The SMILES string of the molecule is CC(C)(C)OC(=O)/N=C1\N[C@@]2(COCc3ccc(NC(=O)c4ccc(Cl)cn4)cc32)CS(=O)(=O)C1(C)C. The Bertz CT molecular complexity index is 1380. The fraction of sp³-hybridized carbons (Fsp3) is 0.440. The van der Waals surface area contributed by atoms with Gasteiger partial charge >= 0.3 is 6.09 Å². The predicted octanol–water partition coefficient (Wildman–Crippen LogP) is 3.84. The van der Waals surface area contributed by atoms with Gasteiger partial charge in [-0.25, -0.2) is 18.2 Å². The van der Waals surface area contributed by atoms with Crippen LogP contribution in [0.4, 0.5) is 10.5 Å². The zero-order valence-corrected chi connectivity index (χ0v) is 22.8. The summed E-state index contributed by atoms with van der Waals surface area (Å²) in [5.41, 5.74) is -0.0569. The molecule has 198 valence electrons. The van der Waals surface area contributed by atoms with E-state index in [1.165, 1.54) is 26.1 Å². The van der Waals surface area contributed by atoms with Crippen molar-refractivity contribution in [3.8, 4) is 0 Å². The van der Waals surface area contributed by atoms with Crippen LogP contribution >= 0.6 is 11.6 Å². The molecule has 37 heavy (non-hydrogen) atoms. The summed E-state index contributed by atoms with van der Waals surface area (Å²) in [7, 11) is -3.82. The van der Waals surface area contributed by atoms with Gasteiger partial charge in [0, 0.05) is 11.9 Å². The third-order valence-corrected chi connectivity index (χ3v) is 9.03. The number of anilines is 1. The quantitative estimate of drug-likeness (QED) is 0.577. The Kier molecular flexibility index (Phi) is 6.85. The number of hydrogen-bond acceptors (Lipinski definition) is 7. The Labute approximate surface area is 220 Å². The van der Waals surface area contributed by atoms with E-state index < -0.39 is 37.7 Å². The third kappa shape index (κ3) is 5.48. The Morgan fingerprint density at radius 3 is 2.59 bits per heavy atom. The molecule has 2 N–H and O–H groups in total.